The van der Waals surface area contributed by atoms with Gasteiger partial charge in [-0.25, -0.2) is 9.59 Å². The van der Waals surface area contributed by atoms with Crippen molar-refractivity contribution in [3.05, 3.63) is 51.2 Å². The van der Waals surface area contributed by atoms with E-state index in [2.05, 4.69) is 0 Å². The Bertz CT molecular complexity index is 1400. The lowest BCUT2D eigenvalue weighted by Crippen LogP contribution is -2.11. The Balaban J connectivity index is 2.04. The van der Waals surface area contributed by atoms with Crippen LogP contribution in [0.4, 0.5) is 0 Å². The Morgan fingerprint density at radius 1 is 0.759 bits per heavy atom. The standard InChI is InChI=1S/C20H14O9/c1-26-15-6-9-4-11(20(25)29-17(9)18(27-2)16(15)23)10-3-8-5-12(21)13(22)7-14(8)28-19(10)24/h3-7,21-23H,1-2H3. The molecule has 2 heterocycles. The minimum atomic E-state index is -0.866. The number of methoxy groups -OCH3 is 2. The molecule has 0 atom stereocenters. The van der Waals surface area contributed by atoms with Crippen molar-refractivity contribution in [1.29, 1.82) is 0 Å². The van der Waals surface area contributed by atoms with E-state index >= 15 is 0 Å². The summed E-state index contributed by atoms with van der Waals surface area (Å²) in [6, 6.07) is 6.44. The number of benzene rings is 2. The molecule has 4 aromatic rings. The number of hydrogen-bond acceptors (Lipinski definition) is 9. The van der Waals surface area contributed by atoms with Crippen LogP contribution in [0.5, 0.6) is 28.7 Å². The fourth-order valence-electron chi connectivity index (χ4n) is 3.06. The number of rotatable bonds is 3. The van der Waals surface area contributed by atoms with Gasteiger partial charge in [0.2, 0.25) is 11.5 Å². The van der Waals surface area contributed by atoms with E-state index in [4.69, 9.17) is 18.3 Å². The number of aromatic hydroxyl groups is 3. The van der Waals surface area contributed by atoms with Crippen LogP contribution < -0.4 is 20.7 Å². The lowest BCUT2D eigenvalue weighted by atomic mass is 10.1. The van der Waals surface area contributed by atoms with Crippen molar-refractivity contribution in [2.24, 2.45) is 0 Å². The maximum absolute atomic E-state index is 12.6. The molecule has 0 bridgehead atoms. The predicted octanol–water partition coefficient (Wildman–Crippen LogP) is 2.70. The molecule has 0 aliphatic heterocycles. The molecule has 2 aromatic heterocycles. The third-order valence-electron chi connectivity index (χ3n) is 4.46. The molecule has 0 saturated heterocycles. The second-order valence-corrected chi connectivity index (χ2v) is 6.15. The van der Waals surface area contributed by atoms with Gasteiger partial charge >= 0.3 is 11.3 Å². The van der Waals surface area contributed by atoms with Crippen LogP contribution in [0, 0.1) is 0 Å². The van der Waals surface area contributed by atoms with Crippen LogP contribution in [-0.4, -0.2) is 29.5 Å². The SMILES string of the molecule is COc1cc2cc(-c3cc4cc(O)c(O)cc4oc3=O)c(=O)oc2c(OC)c1O. The molecule has 0 aliphatic rings. The summed E-state index contributed by atoms with van der Waals surface area (Å²) in [5.41, 5.74) is -1.90. The zero-order chi connectivity index (χ0) is 20.9. The van der Waals surface area contributed by atoms with E-state index in [1.54, 1.807) is 0 Å². The first-order chi connectivity index (χ1) is 13.8. The lowest BCUT2D eigenvalue weighted by molar-refractivity contribution is 0.338. The first kappa shape index (κ1) is 18.2. The van der Waals surface area contributed by atoms with Gasteiger partial charge in [-0.15, -0.1) is 0 Å². The fourth-order valence-corrected chi connectivity index (χ4v) is 3.06. The molecule has 0 radical (unpaired) electrons. The van der Waals surface area contributed by atoms with E-state index in [1.807, 2.05) is 0 Å². The zero-order valence-corrected chi connectivity index (χ0v) is 15.2. The number of fused-ring (bicyclic) bond motifs is 2. The maximum Gasteiger partial charge on any atom is 0.344 e. The van der Waals surface area contributed by atoms with E-state index in [1.165, 1.54) is 38.5 Å². The Kier molecular flexibility index (Phi) is 4.08. The summed E-state index contributed by atoms with van der Waals surface area (Å²) in [5.74, 6) is -1.20. The highest BCUT2D eigenvalue weighted by Gasteiger charge is 2.20. The molecule has 0 unspecified atom stereocenters. The normalized spacial score (nSPS) is 11.1. The van der Waals surface area contributed by atoms with Gasteiger partial charge in [-0.2, -0.15) is 0 Å². The van der Waals surface area contributed by atoms with Crippen molar-refractivity contribution in [2.75, 3.05) is 14.2 Å². The summed E-state index contributed by atoms with van der Waals surface area (Å²) in [4.78, 5) is 25.0. The van der Waals surface area contributed by atoms with Gasteiger partial charge in [0, 0.05) is 16.8 Å². The minimum absolute atomic E-state index is 0.0210. The topological polar surface area (TPSA) is 140 Å². The average Bonchev–Trinajstić information content (AvgIpc) is 2.68. The third-order valence-corrected chi connectivity index (χ3v) is 4.46. The van der Waals surface area contributed by atoms with Crippen molar-refractivity contribution < 1.29 is 33.6 Å². The largest absolute Gasteiger partial charge is 0.504 e. The van der Waals surface area contributed by atoms with Gasteiger partial charge in [-0.05, 0) is 24.3 Å². The van der Waals surface area contributed by atoms with E-state index in [0.29, 0.717) is 5.39 Å². The highest BCUT2D eigenvalue weighted by molar-refractivity contribution is 5.91. The van der Waals surface area contributed by atoms with E-state index in [0.717, 1.165) is 6.07 Å². The van der Waals surface area contributed by atoms with Gasteiger partial charge in [0.25, 0.3) is 0 Å². The Morgan fingerprint density at radius 2 is 1.38 bits per heavy atom. The lowest BCUT2D eigenvalue weighted by Gasteiger charge is -2.11. The van der Waals surface area contributed by atoms with Crippen LogP contribution >= 0.6 is 0 Å². The monoisotopic (exact) mass is 398 g/mol. The van der Waals surface area contributed by atoms with Crippen LogP contribution in [0.2, 0.25) is 0 Å². The first-order valence-electron chi connectivity index (χ1n) is 8.26. The quantitative estimate of drug-likeness (QED) is 0.351. The third kappa shape index (κ3) is 2.80. The van der Waals surface area contributed by atoms with Crippen molar-refractivity contribution in [1.82, 2.24) is 0 Å². The number of hydrogen-bond donors (Lipinski definition) is 3. The molecule has 2 aromatic carbocycles. The molecule has 0 amide bonds. The minimum Gasteiger partial charge on any atom is -0.504 e. The molecule has 0 saturated carbocycles. The van der Waals surface area contributed by atoms with Gasteiger partial charge in [0.05, 0.1) is 25.3 Å². The summed E-state index contributed by atoms with van der Waals surface area (Å²) < 4.78 is 20.7. The summed E-state index contributed by atoms with van der Waals surface area (Å²) in [7, 11) is 2.64. The summed E-state index contributed by atoms with van der Waals surface area (Å²) in [5, 5.41) is 30.0. The molecular formula is C20H14O9. The molecular weight excluding hydrogens is 384 g/mol. The molecule has 0 fully saturated rings. The van der Waals surface area contributed by atoms with Gasteiger partial charge < -0.3 is 33.6 Å². The average molecular weight is 398 g/mol. The van der Waals surface area contributed by atoms with Crippen LogP contribution in [0.25, 0.3) is 33.1 Å². The Hall–Kier alpha value is -4.14. The van der Waals surface area contributed by atoms with E-state index < -0.39 is 22.8 Å². The second kappa shape index (κ2) is 6.48. The van der Waals surface area contributed by atoms with Crippen LogP contribution in [0.1, 0.15) is 0 Å². The smallest absolute Gasteiger partial charge is 0.344 e. The van der Waals surface area contributed by atoms with E-state index in [-0.39, 0.29) is 44.9 Å². The number of phenolic OH excluding ortho intramolecular Hbond substituents is 3. The molecule has 29 heavy (non-hydrogen) atoms. The maximum atomic E-state index is 12.6. The Morgan fingerprint density at radius 3 is 2.03 bits per heavy atom. The Labute approximate surface area is 161 Å². The molecule has 3 N–H and O–H groups in total. The highest BCUT2D eigenvalue weighted by atomic mass is 16.5. The molecule has 4 rings (SSSR count). The van der Waals surface area contributed by atoms with Crippen molar-refractivity contribution >= 4 is 21.9 Å². The first-order valence-corrected chi connectivity index (χ1v) is 8.26. The summed E-state index contributed by atoms with van der Waals surface area (Å²) in [6.07, 6.45) is 0. The molecule has 9 heteroatoms. The van der Waals surface area contributed by atoms with Crippen LogP contribution in [0.3, 0.4) is 0 Å². The van der Waals surface area contributed by atoms with Crippen LogP contribution in [-0.2, 0) is 0 Å². The molecule has 0 spiro atoms. The van der Waals surface area contributed by atoms with Crippen molar-refractivity contribution in [3.8, 4) is 39.9 Å². The molecule has 0 aliphatic carbocycles. The zero-order valence-electron chi connectivity index (χ0n) is 15.2. The fraction of sp³-hybridized carbons (Fsp3) is 0.100. The van der Waals surface area contributed by atoms with E-state index in [9.17, 15) is 24.9 Å². The molecule has 148 valence electrons. The van der Waals surface area contributed by atoms with Crippen LogP contribution in [0.15, 0.2) is 48.8 Å². The van der Waals surface area contributed by atoms with Crippen molar-refractivity contribution in [2.45, 2.75) is 0 Å². The highest BCUT2D eigenvalue weighted by Crippen LogP contribution is 2.42. The second-order valence-electron chi connectivity index (χ2n) is 6.15. The summed E-state index contributed by atoms with van der Waals surface area (Å²) >= 11 is 0. The number of phenols is 3. The van der Waals surface area contributed by atoms with Gasteiger partial charge in [-0.3, -0.25) is 0 Å². The van der Waals surface area contributed by atoms with Gasteiger partial charge in [-0.1, -0.05) is 0 Å². The van der Waals surface area contributed by atoms with Crippen molar-refractivity contribution in [3.63, 3.8) is 0 Å². The number of ether oxygens (including phenoxy) is 2. The predicted molar refractivity (Wildman–Crippen MR) is 102 cm³/mol. The summed E-state index contributed by atoms with van der Waals surface area (Å²) in [6.45, 7) is 0. The van der Waals surface area contributed by atoms with Gasteiger partial charge in [0.1, 0.15) is 5.58 Å². The molecule has 9 nitrogen and oxygen atoms in total. The van der Waals surface area contributed by atoms with Gasteiger partial charge in [0.15, 0.2) is 22.8 Å².